The number of aromatic nitrogens is 3. The van der Waals surface area contributed by atoms with Crippen LogP contribution >= 0.6 is 37.0 Å². The van der Waals surface area contributed by atoms with Crippen LogP contribution in [0.4, 0.5) is 0 Å². The molecule has 82 valence electrons. The van der Waals surface area contributed by atoms with Crippen molar-refractivity contribution in [3.8, 4) is 0 Å². The van der Waals surface area contributed by atoms with Gasteiger partial charge in [-0.1, -0.05) is 6.07 Å². The van der Waals surface area contributed by atoms with E-state index in [2.05, 4.69) is 9.97 Å². The first-order valence-electron chi connectivity index (χ1n) is 4.00. The summed E-state index contributed by atoms with van der Waals surface area (Å²) in [5.41, 5.74) is 1.01. The van der Waals surface area contributed by atoms with E-state index in [1.165, 1.54) is 0 Å². The predicted molar refractivity (Wildman–Crippen MR) is 67.5 cm³/mol. The van der Waals surface area contributed by atoms with Crippen LogP contribution in [0.15, 0.2) is 36.8 Å². The molecule has 0 fully saturated rings. The number of hydrogen-bond acceptors (Lipinski definition) is 2. The highest BCUT2D eigenvalue weighted by Crippen LogP contribution is 1.98. The van der Waals surface area contributed by atoms with Crippen molar-refractivity contribution in [2.75, 3.05) is 0 Å². The maximum atomic E-state index is 5.06. The molecule has 0 spiro atoms. The van der Waals surface area contributed by atoms with E-state index >= 15 is 0 Å². The zero-order valence-electron chi connectivity index (χ0n) is 7.79. The fourth-order valence-corrected chi connectivity index (χ4v) is 1.33. The van der Waals surface area contributed by atoms with Crippen LogP contribution in [0, 0.1) is 4.77 Å². The Morgan fingerprint density at radius 2 is 2.13 bits per heavy atom. The highest BCUT2D eigenvalue weighted by molar-refractivity contribution is 7.71. The van der Waals surface area contributed by atoms with E-state index in [-0.39, 0.29) is 24.8 Å². The molecule has 0 aliphatic heterocycles. The molecule has 0 saturated heterocycles. The summed E-state index contributed by atoms with van der Waals surface area (Å²) in [6, 6.07) is 5.85. The average Bonchev–Trinajstić information content (AvgIpc) is 2.54. The second-order valence-electron chi connectivity index (χ2n) is 2.71. The Morgan fingerprint density at radius 3 is 2.67 bits per heavy atom. The number of halogens is 2. The Morgan fingerprint density at radius 1 is 1.33 bits per heavy atom. The van der Waals surface area contributed by atoms with Crippen molar-refractivity contribution in [1.82, 2.24) is 14.5 Å². The third-order valence-corrected chi connectivity index (χ3v) is 2.13. The Labute approximate surface area is 105 Å². The normalized spacial score (nSPS) is 8.80. The number of aromatic amines is 1. The van der Waals surface area contributed by atoms with E-state index in [4.69, 9.17) is 12.2 Å². The molecule has 1 N–H and O–H groups in total. The summed E-state index contributed by atoms with van der Waals surface area (Å²) in [5.74, 6) is 0. The molecule has 0 saturated carbocycles. The third-order valence-electron chi connectivity index (χ3n) is 1.78. The van der Waals surface area contributed by atoms with Crippen LogP contribution < -0.4 is 0 Å². The number of hydrogen-bond donors (Lipinski definition) is 1. The first kappa shape index (κ1) is 14.2. The fourth-order valence-electron chi connectivity index (χ4n) is 1.14. The minimum Gasteiger partial charge on any atom is -0.337 e. The summed E-state index contributed by atoms with van der Waals surface area (Å²) in [4.78, 5) is 7.15. The molecular weight excluding hydrogens is 253 g/mol. The summed E-state index contributed by atoms with van der Waals surface area (Å²) >= 11 is 5.06. The molecule has 6 heteroatoms. The lowest BCUT2D eigenvalue weighted by Crippen LogP contribution is -1.99. The van der Waals surface area contributed by atoms with Gasteiger partial charge in [0.05, 0.1) is 12.2 Å². The molecule has 0 aliphatic carbocycles. The number of nitrogens with zero attached hydrogens (tertiary/aromatic N) is 2. The predicted octanol–water partition coefficient (Wildman–Crippen LogP) is 2.83. The van der Waals surface area contributed by atoms with E-state index in [1.807, 2.05) is 35.2 Å². The summed E-state index contributed by atoms with van der Waals surface area (Å²) in [6.45, 7) is 0.725. The number of imidazole rings is 1. The first-order valence-corrected chi connectivity index (χ1v) is 4.41. The van der Waals surface area contributed by atoms with Gasteiger partial charge in [0.25, 0.3) is 0 Å². The molecule has 15 heavy (non-hydrogen) atoms. The molecule has 0 aliphatic rings. The minimum absolute atomic E-state index is 0. The van der Waals surface area contributed by atoms with Crippen molar-refractivity contribution in [3.63, 3.8) is 0 Å². The van der Waals surface area contributed by atoms with E-state index in [9.17, 15) is 0 Å². The van der Waals surface area contributed by atoms with Crippen molar-refractivity contribution in [3.05, 3.63) is 47.3 Å². The van der Waals surface area contributed by atoms with Crippen LogP contribution in [-0.4, -0.2) is 14.5 Å². The van der Waals surface area contributed by atoms with Crippen molar-refractivity contribution >= 4 is 37.0 Å². The lowest BCUT2D eigenvalue weighted by atomic mass is 10.3. The van der Waals surface area contributed by atoms with Gasteiger partial charge in [-0.3, -0.25) is 4.98 Å². The molecule has 2 heterocycles. The van der Waals surface area contributed by atoms with Crippen LogP contribution in [-0.2, 0) is 6.54 Å². The Balaban J connectivity index is 0.000000980. The van der Waals surface area contributed by atoms with Crippen LogP contribution in [0.1, 0.15) is 5.69 Å². The third kappa shape index (κ3) is 3.66. The van der Waals surface area contributed by atoms with Gasteiger partial charge in [-0.2, -0.15) is 0 Å². The molecule has 0 bridgehead atoms. The van der Waals surface area contributed by atoms with Crippen LogP contribution in [0.5, 0.6) is 0 Å². The summed E-state index contributed by atoms with van der Waals surface area (Å²) in [6.07, 6.45) is 5.52. The number of rotatable bonds is 2. The van der Waals surface area contributed by atoms with Gasteiger partial charge in [0.1, 0.15) is 0 Å². The van der Waals surface area contributed by atoms with E-state index in [0.717, 1.165) is 17.0 Å². The highest BCUT2D eigenvalue weighted by atomic mass is 35.5. The molecule has 0 unspecified atom stereocenters. The van der Waals surface area contributed by atoms with Crippen LogP contribution in [0.3, 0.4) is 0 Å². The Hall–Kier alpha value is -0.840. The maximum absolute atomic E-state index is 5.06. The van der Waals surface area contributed by atoms with Crippen molar-refractivity contribution in [1.29, 1.82) is 0 Å². The van der Waals surface area contributed by atoms with Gasteiger partial charge in [-0.15, -0.1) is 24.8 Å². The molecule has 0 amide bonds. The van der Waals surface area contributed by atoms with Gasteiger partial charge in [0, 0.05) is 18.6 Å². The van der Waals surface area contributed by atoms with Gasteiger partial charge >= 0.3 is 0 Å². The molecule has 0 radical (unpaired) electrons. The van der Waals surface area contributed by atoms with Gasteiger partial charge in [-0.05, 0) is 24.4 Å². The van der Waals surface area contributed by atoms with Crippen molar-refractivity contribution in [2.24, 2.45) is 0 Å². The van der Waals surface area contributed by atoms with Crippen LogP contribution in [0.2, 0.25) is 0 Å². The van der Waals surface area contributed by atoms with Crippen molar-refractivity contribution < 1.29 is 0 Å². The summed E-state index contributed by atoms with van der Waals surface area (Å²) in [7, 11) is 0. The van der Waals surface area contributed by atoms with Crippen molar-refractivity contribution in [2.45, 2.75) is 6.54 Å². The lowest BCUT2D eigenvalue weighted by molar-refractivity contribution is 0.761. The molecule has 3 nitrogen and oxygen atoms in total. The van der Waals surface area contributed by atoms with Gasteiger partial charge in [-0.25, -0.2) is 0 Å². The standard InChI is InChI=1S/C9H9N3S.2ClH/c13-9-11-5-6-12(9)7-8-3-1-2-4-10-8;;/h1-6H,7H2,(H,11,13);2*1H. The largest absolute Gasteiger partial charge is 0.337 e. The van der Waals surface area contributed by atoms with Crippen LogP contribution in [0.25, 0.3) is 0 Å². The van der Waals surface area contributed by atoms with E-state index in [1.54, 1.807) is 6.20 Å². The Bertz CT molecular complexity index is 438. The SMILES string of the molecule is Cl.Cl.S=c1[nH]ccn1Cc1ccccn1. The number of H-pyrrole nitrogens is 1. The maximum Gasteiger partial charge on any atom is 0.177 e. The molecular formula is C9H11Cl2N3S. The summed E-state index contributed by atoms with van der Waals surface area (Å²) in [5, 5.41) is 0. The first-order chi connectivity index (χ1) is 6.36. The monoisotopic (exact) mass is 263 g/mol. The molecule has 2 rings (SSSR count). The Kier molecular flexibility index (Phi) is 6.24. The van der Waals surface area contributed by atoms with E-state index < -0.39 is 0 Å². The van der Waals surface area contributed by atoms with Gasteiger partial charge in [0.15, 0.2) is 4.77 Å². The quantitative estimate of drug-likeness (QED) is 0.846. The summed E-state index contributed by atoms with van der Waals surface area (Å²) < 4.78 is 2.67. The molecule has 2 aromatic heterocycles. The lowest BCUT2D eigenvalue weighted by Gasteiger charge is -2.00. The molecule has 0 aromatic carbocycles. The zero-order chi connectivity index (χ0) is 9.10. The fraction of sp³-hybridized carbons (Fsp3) is 0.111. The smallest absolute Gasteiger partial charge is 0.177 e. The molecule has 0 atom stereocenters. The zero-order valence-corrected chi connectivity index (χ0v) is 10.2. The molecule has 2 aromatic rings. The highest BCUT2D eigenvalue weighted by Gasteiger charge is 1.95. The number of pyridine rings is 1. The second kappa shape index (κ2) is 6.61. The average molecular weight is 264 g/mol. The van der Waals surface area contributed by atoms with E-state index in [0.29, 0.717) is 0 Å². The minimum atomic E-state index is 0. The van der Waals surface area contributed by atoms with Gasteiger partial charge < -0.3 is 9.55 Å². The van der Waals surface area contributed by atoms with Gasteiger partial charge in [0.2, 0.25) is 0 Å². The second-order valence-corrected chi connectivity index (χ2v) is 3.10. The number of nitrogens with one attached hydrogen (secondary N) is 1. The topological polar surface area (TPSA) is 33.6 Å².